The number of aromatic amines is 1. The number of carbonyl (C=O) groups is 5. The Hall–Kier alpha value is -7.01. The van der Waals surface area contributed by atoms with Crippen molar-refractivity contribution < 1.29 is 46.6 Å². The van der Waals surface area contributed by atoms with Crippen molar-refractivity contribution in [2.24, 2.45) is 5.41 Å². The number of nitrogens with zero attached hydrogens (tertiary/aromatic N) is 6. The zero-order valence-corrected chi connectivity index (χ0v) is 45.6. The van der Waals surface area contributed by atoms with Crippen molar-refractivity contribution in [1.29, 1.82) is 0 Å². The van der Waals surface area contributed by atoms with Gasteiger partial charge in [-0.05, 0) is 78.2 Å². The Kier molecular flexibility index (Phi) is 16.5. The number of anilines is 2. The highest BCUT2D eigenvalue weighted by molar-refractivity contribution is 7.13. The number of amides is 5. The summed E-state index contributed by atoms with van der Waals surface area (Å²) in [6.07, 6.45) is -5.29. The molecule has 0 unspecified atom stereocenters. The molecule has 22 heteroatoms. The lowest BCUT2D eigenvalue weighted by atomic mass is 9.85. The van der Waals surface area contributed by atoms with E-state index in [4.69, 9.17) is 0 Å². The molecule has 1 aliphatic carbocycles. The summed E-state index contributed by atoms with van der Waals surface area (Å²) >= 11 is 1.49. The lowest BCUT2D eigenvalue weighted by Gasteiger charge is -2.36. The Balaban J connectivity index is 0.883. The van der Waals surface area contributed by atoms with Crippen LogP contribution in [0, 0.1) is 12.3 Å². The minimum Gasteiger partial charge on any atom is -0.391 e. The number of aryl methyl sites for hydroxylation is 1. The van der Waals surface area contributed by atoms with E-state index in [-0.39, 0.29) is 38.1 Å². The first-order valence-corrected chi connectivity index (χ1v) is 27.4. The van der Waals surface area contributed by atoms with E-state index in [2.05, 4.69) is 40.6 Å². The second kappa shape index (κ2) is 23.0. The van der Waals surface area contributed by atoms with Gasteiger partial charge in [-0.2, -0.15) is 13.2 Å². The van der Waals surface area contributed by atoms with Crippen LogP contribution in [-0.2, 0) is 31.9 Å². The number of alkyl halides is 4. The van der Waals surface area contributed by atoms with Crippen molar-refractivity contribution in [3.05, 3.63) is 123 Å². The zero-order chi connectivity index (χ0) is 56.6. The second-order valence-electron chi connectivity index (χ2n) is 22.2. The number of nitrogens with one attached hydrogen (secondary N) is 4. The van der Waals surface area contributed by atoms with Gasteiger partial charge in [0.15, 0.2) is 5.67 Å². The lowest BCUT2D eigenvalue weighted by Crippen LogP contribution is -2.59. The molecule has 0 spiro atoms. The molecule has 17 nitrogen and oxygen atoms in total. The van der Waals surface area contributed by atoms with E-state index in [0.29, 0.717) is 74.4 Å². The van der Waals surface area contributed by atoms with Crippen molar-refractivity contribution >= 4 is 52.2 Å². The van der Waals surface area contributed by atoms with E-state index in [9.17, 15) is 51.4 Å². The van der Waals surface area contributed by atoms with Crippen LogP contribution in [0.5, 0.6) is 0 Å². The molecule has 9 rings (SSSR count). The van der Waals surface area contributed by atoms with Gasteiger partial charge in [0, 0.05) is 84.1 Å². The Morgan fingerprint density at radius 1 is 0.873 bits per heavy atom. The summed E-state index contributed by atoms with van der Waals surface area (Å²) in [6, 6.07) is 18.0. The maximum atomic E-state index is 14.8. The number of β-amino-alcohol motifs (C(OH)–C–C–N with tert-alkyl or cyclic N) is 1. The summed E-state index contributed by atoms with van der Waals surface area (Å²) < 4.78 is 57.0. The standard InChI is InChI=1S/C57H66F4N10O7S/c1-34-49(79-33-63-34)37-11-9-36(10-12-37)43(64-52(76)46-27-40(72)32-71(46)53(77)50(55(2,3)4)66-54(78)56(58)15-16-56)29-48(74)70-23-19-68(20-24-70)31-35-7-6-8-38(25-35)39-13-14-45(69-21-17-67(5)18-22-69)44(26-39)65-51(75)41-30-62-47(73)28-42(41)57(59,60)61/h6-14,25-26,28,30,33,40,43,46,50,72H,15-24,27,29,31-32H2,1-5H3,(H,62,73)(H,64,76)(H,65,75)(H,66,78)/t40-,43+,46+,50-/m1/s1. The quantitative estimate of drug-likeness (QED) is 0.0728. The largest absolute Gasteiger partial charge is 0.417 e. The Bertz CT molecular complexity index is 3140. The summed E-state index contributed by atoms with van der Waals surface area (Å²) in [7, 11) is 2.00. The number of benzene rings is 3. The highest BCUT2D eigenvalue weighted by Gasteiger charge is 2.53. The molecule has 4 aliphatic rings. The number of piperazine rings is 2. The van der Waals surface area contributed by atoms with Crippen molar-refractivity contribution in [3.8, 4) is 21.6 Å². The van der Waals surface area contributed by atoms with Crippen molar-refractivity contribution in [1.82, 2.24) is 40.2 Å². The van der Waals surface area contributed by atoms with Gasteiger partial charge in [-0.1, -0.05) is 69.3 Å². The van der Waals surface area contributed by atoms with Crippen molar-refractivity contribution in [3.63, 3.8) is 0 Å². The van der Waals surface area contributed by atoms with Gasteiger partial charge in [-0.25, -0.2) is 9.37 Å². The van der Waals surface area contributed by atoms with Gasteiger partial charge in [0.1, 0.15) is 12.1 Å². The Morgan fingerprint density at radius 3 is 2.20 bits per heavy atom. The number of likely N-dealkylation sites (N-methyl/N-ethyl adjacent to an activating group) is 1. The molecule has 79 heavy (non-hydrogen) atoms. The van der Waals surface area contributed by atoms with E-state index >= 15 is 0 Å². The summed E-state index contributed by atoms with van der Waals surface area (Å²) in [5.74, 6) is -3.31. The number of H-pyrrole nitrogens is 1. The number of hydrogen-bond donors (Lipinski definition) is 5. The SMILES string of the molecule is Cc1ncsc1-c1ccc([C@H](CC(=O)N2CCN(Cc3cccc(-c4ccc(N5CCN(C)CC5)c(NC(=O)c5c[nH]c(=O)cc5C(F)(F)F)c4)c3)CC2)NC(=O)[C@@H]2C[C@@H](O)CN2C(=O)[C@@H](NC(=O)C2(F)CC2)C(C)(C)C)cc1. The molecule has 5 aromatic rings. The predicted molar refractivity (Wildman–Crippen MR) is 292 cm³/mol. The smallest absolute Gasteiger partial charge is 0.391 e. The van der Waals surface area contributed by atoms with E-state index in [1.165, 1.54) is 16.2 Å². The average Bonchev–Trinajstić information content (AvgIpc) is 3.87. The molecule has 0 radical (unpaired) electrons. The Labute approximate surface area is 459 Å². The molecule has 5 heterocycles. The molecule has 420 valence electrons. The number of pyridine rings is 1. The van der Waals surface area contributed by atoms with Crippen LogP contribution in [0.1, 0.15) is 85.2 Å². The van der Waals surface area contributed by atoms with Crippen LogP contribution in [-0.4, -0.2) is 154 Å². The molecule has 1 saturated carbocycles. The maximum Gasteiger partial charge on any atom is 0.417 e. The van der Waals surface area contributed by atoms with Crippen LogP contribution < -0.4 is 26.4 Å². The summed E-state index contributed by atoms with van der Waals surface area (Å²) in [5.41, 5.74) is 1.68. The third-order valence-corrected chi connectivity index (χ3v) is 16.3. The van der Waals surface area contributed by atoms with E-state index in [1.807, 2.05) is 74.6 Å². The predicted octanol–water partition coefficient (Wildman–Crippen LogP) is 6.38. The van der Waals surface area contributed by atoms with Crippen LogP contribution in [0.4, 0.5) is 28.9 Å². The fourth-order valence-electron chi connectivity index (χ4n) is 10.5. The molecule has 3 saturated heterocycles. The molecule has 3 aliphatic heterocycles. The van der Waals surface area contributed by atoms with Gasteiger partial charge >= 0.3 is 6.18 Å². The monoisotopic (exact) mass is 1110 g/mol. The fraction of sp³-hybridized carbons (Fsp3) is 0.456. The highest BCUT2D eigenvalue weighted by Crippen LogP contribution is 2.41. The first-order chi connectivity index (χ1) is 37.4. The minimum absolute atomic E-state index is 0.0585. The van der Waals surface area contributed by atoms with E-state index in [1.54, 1.807) is 37.2 Å². The van der Waals surface area contributed by atoms with Gasteiger partial charge in [-0.15, -0.1) is 11.3 Å². The highest BCUT2D eigenvalue weighted by atomic mass is 32.1. The normalized spacial score (nSPS) is 19.6. The molecule has 0 bridgehead atoms. The third kappa shape index (κ3) is 13.2. The van der Waals surface area contributed by atoms with Crippen molar-refractivity contribution in [2.45, 2.75) is 96.0 Å². The van der Waals surface area contributed by atoms with Gasteiger partial charge in [-0.3, -0.25) is 33.7 Å². The number of carbonyl (C=O) groups excluding carboxylic acids is 5. The molecular weight excluding hydrogens is 1040 g/mol. The topological polar surface area (TPSA) is 204 Å². The molecule has 5 amide bonds. The van der Waals surface area contributed by atoms with Gasteiger partial charge < -0.3 is 45.6 Å². The zero-order valence-electron chi connectivity index (χ0n) is 44.8. The van der Waals surface area contributed by atoms with Crippen molar-refractivity contribution in [2.75, 3.05) is 76.2 Å². The van der Waals surface area contributed by atoms with Gasteiger partial charge in [0.25, 0.3) is 11.8 Å². The number of aliphatic hydroxyl groups is 1. The minimum atomic E-state index is -4.94. The van der Waals surface area contributed by atoms with Gasteiger partial charge in [0.05, 0.1) is 57.1 Å². The first-order valence-electron chi connectivity index (χ1n) is 26.5. The molecular formula is C57H66F4N10O7S. The first kappa shape index (κ1) is 56.7. The summed E-state index contributed by atoms with van der Waals surface area (Å²) in [4.78, 5) is 98.4. The van der Waals surface area contributed by atoms with E-state index < -0.39 is 81.8 Å². The Morgan fingerprint density at radius 2 is 1.56 bits per heavy atom. The number of rotatable bonds is 15. The number of likely N-dealkylation sites (tertiary alicyclic amines) is 1. The fourth-order valence-corrected chi connectivity index (χ4v) is 11.3. The average molecular weight is 1110 g/mol. The number of thiazole rings is 1. The van der Waals surface area contributed by atoms with Crippen LogP contribution in [0.25, 0.3) is 21.6 Å². The lowest BCUT2D eigenvalue weighted by molar-refractivity contribution is -0.145. The number of aliphatic hydroxyl groups excluding tert-OH is 1. The number of hydrogen-bond acceptors (Lipinski definition) is 12. The van der Waals surface area contributed by atoms with Crippen LogP contribution in [0.2, 0.25) is 0 Å². The molecule has 3 aromatic carbocycles. The third-order valence-electron chi connectivity index (χ3n) is 15.3. The molecule has 4 fully saturated rings. The second-order valence-corrected chi connectivity index (χ2v) is 23.1. The summed E-state index contributed by atoms with van der Waals surface area (Å²) in [5, 5.41) is 19.2. The van der Waals surface area contributed by atoms with Gasteiger partial charge in [0.2, 0.25) is 23.3 Å². The maximum absolute atomic E-state index is 14.8. The molecule has 5 N–H and O–H groups in total. The summed E-state index contributed by atoms with van der Waals surface area (Å²) in [6.45, 7) is 12.0. The molecule has 4 atom stereocenters. The van der Waals surface area contributed by atoms with Crippen LogP contribution in [0.3, 0.4) is 0 Å². The number of halogens is 4. The van der Waals surface area contributed by atoms with Crippen LogP contribution in [0.15, 0.2) is 89.3 Å². The molecule has 2 aromatic heterocycles. The van der Waals surface area contributed by atoms with Crippen LogP contribution >= 0.6 is 11.3 Å². The number of aromatic nitrogens is 2. The van der Waals surface area contributed by atoms with E-state index in [0.717, 1.165) is 46.5 Å².